The van der Waals surface area contributed by atoms with Gasteiger partial charge in [0.1, 0.15) is 0 Å². The van der Waals surface area contributed by atoms with E-state index >= 15 is 0 Å². The number of nitrogens with zero attached hydrogens (tertiary/aromatic N) is 2. The molecule has 0 atom stereocenters. The maximum absolute atomic E-state index is 14.8. The molecule has 0 spiro atoms. The summed E-state index contributed by atoms with van der Waals surface area (Å²) in [5.41, 5.74) is -28.3. The van der Waals surface area contributed by atoms with Gasteiger partial charge in [0.05, 0.1) is 27.2 Å². The highest BCUT2D eigenvalue weighted by Crippen LogP contribution is 2.56. The third kappa shape index (κ3) is 6.69. The van der Waals surface area contributed by atoms with Crippen LogP contribution in [0, 0.1) is 13.8 Å². The average molecular weight is 883 g/mol. The second kappa shape index (κ2) is 14.3. The minimum atomic E-state index is -6.73. The molecule has 0 fully saturated rings. The number of aryl methyl sites for hydroxylation is 2. The van der Waals surface area contributed by atoms with Crippen LogP contribution < -0.4 is 22.2 Å². The smallest absolute Gasteiger partial charge is 0.369 e. The number of aliphatic hydroxyl groups is 2. The van der Waals surface area contributed by atoms with Crippen molar-refractivity contribution in [2.45, 2.75) is 122 Å². The minimum Gasteiger partial charge on any atom is -0.369 e. The molecule has 2 N–H and O–H groups in total. The van der Waals surface area contributed by atoms with E-state index in [-0.39, 0.29) is 41.5 Å². The van der Waals surface area contributed by atoms with Gasteiger partial charge in [-0.05, 0) is 111 Å². The van der Waals surface area contributed by atoms with E-state index in [1.807, 2.05) is 0 Å². The van der Waals surface area contributed by atoms with E-state index in [1.165, 1.54) is 34.6 Å². The molecule has 2 heterocycles. The van der Waals surface area contributed by atoms with E-state index in [1.54, 1.807) is 6.92 Å². The Hall–Kier alpha value is -4.98. The lowest BCUT2D eigenvalue weighted by atomic mass is 9.70. The summed E-state index contributed by atoms with van der Waals surface area (Å²) >= 11 is 0. The summed E-state index contributed by atoms with van der Waals surface area (Å²) in [6, 6.07) is 2.81. The summed E-state index contributed by atoms with van der Waals surface area (Å²) in [7, 11) is 0. The Morgan fingerprint density at radius 1 is 0.475 bits per heavy atom. The van der Waals surface area contributed by atoms with Crippen LogP contribution in [0.3, 0.4) is 0 Å². The highest BCUT2D eigenvalue weighted by atomic mass is 19.4. The van der Waals surface area contributed by atoms with Crippen molar-refractivity contribution >= 4 is 21.5 Å². The maximum Gasteiger partial charge on any atom is 0.430 e. The number of halogens is 12. The van der Waals surface area contributed by atoms with E-state index in [0.717, 1.165) is 36.6 Å². The van der Waals surface area contributed by atoms with E-state index in [9.17, 15) is 82.1 Å². The number of alkyl halides is 12. The summed E-state index contributed by atoms with van der Waals surface area (Å²) < 4.78 is 176. The fourth-order valence-electron chi connectivity index (χ4n) is 7.72. The summed E-state index contributed by atoms with van der Waals surface area (Å²) in [6.07, 6.45) is -26.4. The SMILES string of the molecule is CCC(C)(CC)c1cc(C)c(-c2cc(C(O)(C(F)(F)F)C(F)(F)F)c(-n3c(=O)c4cc5c(=O)n(C(C)(C)CC)c(=O)c5cc4c3=O)cc2C)cc1C(O)(C(F)(F)F)C(F)(F)F. The van der Waals surface area contributed by atoms with Crippen molar-refractivity contribution in [2.75, 3.05) is 0 Å². The van der Waals surface area contributed by atoms with Gasteiger partial charge in [-0.25, -0.2) is 4.57 Å². The average Bonchev–Trinajstić information content (AvgIpc) is 3.54. The van der Waals surface area contributed by atoms with E-state index in [0.29, 0.717) is 6.07 Å². The standard InChI is InChI=1S/C41H38F12N2O6/c1-9-34(6,7)55-32(58)24-14-22-23(15-25(24)33(55)59)31(57)54(30(22)56)29-13-19(5)21(17-28(29)37(61,40(48,49)50)41(51,52)53)20-16-27(36(60,38(42,43)44)39(45,46)47)26(12-18(20)4)35(8,10-2)11-3/h12-17,60-61H,9-11H2,1-8H3. The van der Waals surface area contributed by atoms with Gasteiger partial charge in [-0.1, -0.05) is 33.8 Å². The third-order valence-electron chi connectivity index (χ3n) is 12.2. The van der Waals surface area contributed by atoms with Crippen LogP contribution in [-0.2, 0) is 22.2 Å². The van der Waals surface area contributed by atoms with Crippen molar-refractivity contribution in [3.05, 3.63) is 106 Å². The van der Waals surface area contributed by atoms with Gasteiger partial charge in [0.25, 0.3) is 33.4 Å². The van der Waals surface area contributed by atoms with Gasteiger partial charge in [0, 0.05) is 16.7 Å². The first-order chi connectivity index (χ1) is 27.5. The van der Waals surface area contributed by atoms with Crippen LogP contribution >= 0.6 is 0 Å². The zero-order chi connectivity index (χ0) is 46.8. The predicted octanol–water partition coefficient (Wildman–Crippen LogP) is 9.03. The van der Waals surface area contributed by atoms with Gasteiger partial charge >= 0.3 is 24.7 Å². The van der Waals surface area contributed by atoms with Crippen molar-refractivity contribution in [2.24, 2.45) is 0 Å². The zero-order valence-corrected chi connectivity index (χ0v) is 33.5. The Kier molecular flexibility index (Phi) is 11.0. The topological polar surface area (TPSA) is 119 Å². The van der Waals surface area contributed by atoms with Crippen molar-refractivity contribution in [3.63, 3.8) is 0 Å². The highest BCUT2D eigenvalue weighted by Gasteiger charge is 2.73. The largest absolute Gasteiger partial charge is 0.430 e. The normalized spacial score (nSPS) is 14.2. The van der Waals surface area contributed by atoms with E-state index in [4.69, 9.17) is 0 Å². The van der Waals surface area contributed by atoms with Gasteiger partial charge in [0.2, 0.25) is 0 Å². The zero-order valence-electron chi connectivity index (χ0n) is 33.5. The second-order valence-corrected chi connectivity index (χ2v) is 16.1. The van der Waals surface area contributed by atoms with Crippen molar-refractivity contribution in [3.8, 4) is 16.8 Å². The molecule has 20 heteroatoms. The first-order valence-corrected chi connectivity index (χ1v) is 18.5. The number of aromatic nitrogens is 2. The quantitative estimate of drug-likeness (QED) is 0.143. The molecular weight excluding hydrogens is 844 g/mol. The molecule has 0 saturated heterocycles. The first-order valence-electron chi connectivity index (χ1n) is 18.5. The minimum absolute atomic E-state index is 0.0577. The van der Waals surface area contributed by atoms with Crippen molar-refractivity contribution in [1.29, 1.82) is 0 Å². The molecule has 8 nitrogen and oxygen atoms in total. The van der Waals surface area contributed by atoms with Crippen LogP contribution in [0.2, 0.25) is 0 Å². The van der Waals surface area contributed by atoms with Crippen LogP contribution in [0.15, 0.2) is 55.6 Å². The summed E-state index contributed by atoms with van der Waals surface area (Å²) in [6.45, 7) is 10.9. The van der Waals surface area contributed by atoms with E-state index < -0.39 is 130 Å². The fourth-order valence-corrected chi connectivity index (χ4v) is 7.72. The van der Waals surface area contributed by atoms with Crippen LogP contribution in [0.5, 0.6) is 0 Å². The number of rotatable bonds is 9. The molecule has 0 bridgehead atoms. The van der Waals surface area contributed by atoms with Crippen LogP contribution in [0.4, 0.5) is 52.7 Å². The Morgan fingerprint density at radius 3 is 1.18 bits per heavy atom. The Bertz CT molecular complexity index is 2690. The van der Waals surface area contributed by atoms with Crippen molar-refractivity contribution < 1.29 is 62.9 Å². The molecular formula is C41H38F12N2O6. The van der Waals surface area contributed by atoms with Crippen molar-refractivity contribution in [1.82, 2.24) is 9.13 Å². The number of benzene rings is 3. The number of fused-ring (bicyclic) bond motifs is 2. The first kappa shape index (κ1) is 47.1. The Labute approximate surface area is 337 Å². The molecule has 3 aromatic carbocycles. The van der Waals surface area contributed by atoms with E-state index in [2.05, 4.69) is 0 Å². The van der Waals surface area contributed by atoms with Crippen LogP contribution in [0.25, 0.3) is 38.4 Å². The van der Waals surface area contributed by atoms with Gasteiger partial charge in [0.15, 0.2) is 0 Å². The fraction of sp³-hybridized carbons (Fsp3) is 0.463. The molecule has 2 aromatic heterocycles. The van der Waals surface area contributed by atoms with Gasteiger partial charge in [-0.2, -0.15) is 52.7 Å². The number of hydrogen-bond acceptors (Lipinski definition) is 6. The predicted molar refractivity (Wildman–Crippen MR) is 201 cm³/mol. The lowest BCUT2D eigenvalue weighted by Gasteiger charge is -2.39. The molecule has 0 unspecified atom stereocenters. The molecule has 0 aliphatic carbocycles. The number of hydrogen-bond donors (Lipinski definition) is 2. The lowest BCUT2D eigenvalue weighted by molar-refractivity contribution is -0.377. The molecule has 5 rings (SSSR count). The summed E-state index contributed by atoms with van der Waals surface area (Å²) in [5, 5.41) is 19.2. The molecule has 0 amide bonds. The van der Waals surface area contributed by atoms with Crippen LogP contribution in [-0.4, -0.2) is 44.1 Å². The molecule has 0 aliphatic heterocycles. The summed E-state index contributed by atoms with van der Waals surface area (Å²) in [4.78, 5) is 54.7. The van der Waals surface area contributed by atoms with Gasteiger partial charge < -0.3 is 10.2 Å². The van der Waals surface area contributed by atoms with Gasteiger partial charge in [-0.3, -0.25) is 23.7 Å². The van der Waals surface area contributed by atoms with Crippen LogP contribution in [0.1, 0.15) is 88.6 Å². The molecule has 332 valence electrons. The molecule has 0 aliphatic rings. The molecule has 0 radical (unpaired) electrons. The second-order valence-electron chi connectivity index (χ2n) is 16.1. The molecule has 5 aromatic rings. The Morgan fingerprint density at radius 2 is 0.820 bits per heavy atom. The molecule has 0 saturated carbocycles. The third-order valence-corrected chi connectivity index (χ3v) is 12.2. The highest BCUT2D eigenvalue weighted by molar-refractivity contribution is 5.98. The lowest BCUT2D eigenvalue weighted by Crippen LogP contribution is -2.55. The van der Waals surface area contributed by atoms with Gasteiger partial charge in [-0.15, -0.1) is 0 Å². The Balaban J connectivity index is 2.00. The maximum atomic E-state index is 14.8. The monoisotopic (exact) mass is 882 g/mol. The molecule has 61 heavy (non-hydrogen) atoms. The summed E-state index contributed by atoms with van der Waals surface area (Å²) in [5.74, 6) is 0.